The van der Waals surface area contributed by atoms with Crippen molar-refractivity contribution in [1.29, 1.82) is 0 Å². The SMILES string of the molecule is CCCCC1(Cc2ccc([N+](=O)[O-])cc2OC)Oc2ccc(-c3ccccc3)cc2C1=O. The van der Waals surface area contributed by atoms with Gasteiger partial charge in [-0.3, -0.25) is 14.9 Å². The van der Waals surface area contributed by atoms with E-state index in [1.165, 1.54) is 19.2 Å². The average Bonchev–Trinajstić information content (AvgIpc) is 3.09. The van der Waals surface area contributed by atoms with E-state index in [1.807, 2.05) is 48.5 Å². The largest absolute Gasteiger partial charge is 0.496 e. The number of nitro benzene ring substituents is 1. The van der Waals surface area contributed by atoms with Crippen LogP contribution < -0.4 is 9.47 Å². The van der Waals surface area contributed by atoms with Gasteiger partial charge in [-0.1, -0.05) is 49.7 Å². The number of benzene rings is 3. The van der Waals surface area contributed by atoms with E-state index in [0.29, 0.717) is 29.0 Å². The van der Waals surface area contributed by atoms with Gasteiger partial charge in [0.15, 0.2) is 5.60 Å². The van der Waals surface area contributed by atoms with E-state index in [9.17, 15) is 14.9 Å². The highest BCUT2D eigenvalue weighted by Crippen LogP contribution is 2.43. The van der Waals surface area contributed by atoms with Gasteiger partial charge in [0.1, 0.15) is 11.5 Å². The van der Waals surface area contributed by atoms with Crippen LogP contribution >= 0.6 is 0 Å². The van der Waals surface area contributed by atoms with Crippen molar-refractivity contribution < 1.29 is 19.2 Å². The Bertz CT molecular complexity index is 1160. The number of carbonyl (C=O) groups excluding carboxylic acids is 1. The summed E-state index contributed by atoms with van der Waals surface area (Å²) in [7, 11) is 1.47. The summed E-state index contributed by atoms with van der Waals surface area (Å²) in [6.45, 7) is 2.07. The second-order valence-corrected chi connectivity index (χ2v) is 8.04. The lowest BCUT2D eigenvalue weighted by atomic mass is 9.83. The van der Waals surface area contributed by atoms with E-state index in [-0.39, 0.29) is 17.9 Å². The second-order valence-electron chi connectivity index (χ2n) is 8.04. The maximum absolute atomic E-state index is 13.7. The zero-order chi connectivity index (χ0) is 22.7. The molecule has 1 unspecified atom stereocenters. The third kappa shape index (κ3) is 3.96. The van der Waals surface area contributed by atoms with Crippen LogP contribution in [0, 0.1) is 10.1 Å². The molecule has 3 aromatic carbocycles. The number of methoxy groups -OCH3 is 1. The third-order valence-electron chi connectivity index (χ3n) is 5.94. The number of rotatable bonds is 8. The maximum Gasteiger partial charge on any atom is 0.273 e. The molecule has 0 aliphatic carbocycles. The summed E-state index contributed by atoms with van der Waals surface area (Å²) in [6, 6.07) is 20.1. The molecule has 0 radical (unpaired) electrons. The van der Waals surface area contributed by atoms with Gasteiger partial charge in [-0.05, 0) is 47.7 Å². The highest BCUT2D eigenvalue weighted by Gasteiger charge is 2.48. The van der Waals surface area contributed by atoms with Gasteiger partial charge in [-0.25, -0.2) is 0 Å². The van der Waals surface area contributed by atoms with E-state index in [1.54, 1.807) is 6.07 Å². The molecular formula is C26H25NO5. The first-order chi connectivity index (χ1) is 15.5. The molecule has 4 rings (SSSR count). The standard InChI is InChI=1S/C26H25NO5/c1-3-4-14-26(17-20-10-12-21(27(29)30)16-24(20)31-2)25(28)22-15-19(11-13-23(22)32-26)18-8-6-5-7-9-18/h5-13,15-16H,3-4,14,17H2,1-2H3. The number of fused-ring (bicyclic) bond motifs is 1. The highest BCUT2D eigenvalue weighted by molar-refractivity contribution is 6.08. The lowest BCUT2D eigenvalue weighted by Gasteiger charge is -2.28. The van der Waals surface area contributed by atoms with Crippen LogP contribution in [-0.2, 0) is 6.42 Å². The molecule has 0 aromatic heterocycles. The average molecular weight is 431 g/mol. The molecule has 0 fully saturated rings. The number of carbonyl (C=O) groups is 1. The van der Waals surface area contributed by atoms with Crippen molar-refractivity contribution in [3.63, 3.8) is 0 Å². The number of Topliss-reactive ketones (excluding diaryl/α,β-unsaturated/α-hetero) is 1. The van der Waals surface area contributed by atoms with Crippen LogP contribution in [0.4, 0.5) is 5.69 Å². The minimum absolute atomic E-state index is 0.0531. The molecule has 6 heteroatoms. The zero-order valence-corrected chi connectivity index (χ0v) is 18.2. The second kappa shape index (κ2) is 8.83. The van der Waals surface area contributed by atoms with Gasteiger partial charge in [0.2, 0.25) is 5.78 Å². The lowest BCUT2D eigenvalue weighted by Crippen LogP contribution is -2.42. The van der Waals surface area contributed by atoms with Crippen molar-refractivity contribution in [2.45, 2.75) is 38.2 Å². The van der Waals surface area contributed by atoms with E-state index >= 15 is 0 Å². The van der Waals surface area contributed by atoms with E-state index in [0.717, 1.165) is 24.0 Å². The Morgan fingerprint density at radius 2 is 1.81 bits per heavy atom. The van der Waals surface area contributed by atoms with Gasteiger partial charge in [0, 0.05) is 12.5 Å². The van der Waals surface area contributed by atoms with Gasteiger partial charge in [0.25, 0.3) is 5.69 Å². The van der Waals surface area contributed by atoms with Gasteiger partial charge >= 0.3 is 0 Å². The molecule has 1 heterocycles. The van der Waals surface area contributed by atoms with E-state index in [2.05, 4.69) is 6.92 Å². The van der Waals surface area contributed by atoms with Crippen molar-refractivity contribution >= 4 is 11.5 Å². The Labute approximate surface area is 187 Å². The third-order valence-corrected chi connectivity index (χ3v) is 5.94. The Balaban J connectivity index is 1.72. The fraction of sp³-hybridized carbons (Fsp3) is 0.269. The highest BCUT2D eigenvalue weighted by atomic mass is 16.6. The smallest absolute Gasteiger partial charge is 0.273 e. The molecular weight excluding hydrogens is 406 g/mol. The Morgan fingerprint density at radius 1 is 1.03 bits per heavy atom. The number of hydrogen-bond acceptors (Lipinski definition) is 5. The first-order valence-corrected chi connectivity index (χ1v) is 10.7. The molecule has 1 aliphatic heterocycles. The summed E-state index contributed by atoms with van der Waals surface area (Å²) in [5.74, 6) is 0.901. The van der Waals surface area contributed by atoms with Crippen LogP contribution in [0.2, 0.25) is 0 Å². The molecule has 1 atom stereocenters. The predicted octanol–water partition coefficient (Wildman–Crippen LogP) is 6.02. The monoisotopic (exact) mass is 431 g/mol. The number of nitro groups is 1. The van der Waals surface area contributed by atoms with Crippen molar-refractivity contribution in [1.82, 2.24) is 0 Å². The van der Waals surface area contributed by atoms with Crippen LogP contribution in [0.5, 0.6) is 11.5 Å². The first-order valence-electron chi connectivity index (χ1n) is 10.7. The molecule has 0 N–H and O–H groups in total. The number of non-ortho nitro benzene ring substituents is 1. The molecule has 0 spiro atoms. The Hall–Kier alpha value is -3.67. The molecule has 164 valence electrons. The van der Waals surface area contributed by atoms with Gasteiger partial charge in [0.05, 0.1) is 23.7 Å². The minimum atomic E-state index is -1.06. The normalized spacial score (nSPS) is 17.0. The molecule has 0 saturated carbocycles. The molecule has 6 nitrogen and oxygen atoms in total. The molecule has 0 bridgehead atoms. The summed E-state index contributed by atoms with van der Waals surface area (Å²) < 4.78 is 11.8. The number of nitrogens with zero attached hydrogens (tertiary/aromatic N) is 1. The Morgan fingerprint density at radius 3 is 2.50 bits per heavy atom. The van der Waals surface area contributed by atoms with Crippen molar-refractivity contribution in [3.8, 4) is 22.6 Å². The number of unbranched alkanes of at least 4 members (excludes halogenated alkanes) is 1. The quantitative estimate of drug-likeness (QED) is 0.322. The summed E-state index contributed by atoms with van der Waals surface area (Å²) in [5.41, 5.74) is 2.16. The Kier molecular flexibility index (Phi) is 5.95. The van der Waals surface area contributed by atoms with Crippen LogP contribution in [0.25, 0.3) is 11.1 Å². The van der Waals surface area contributed by atoms with E-state index in [4.69, 9.17) is 9.47 Å². The van der Waals surface area contributed by atoms with Crippen molar-refractivity contribution in [2.75, 3.05) is 7.11 Å². The van der Waals surface area contributed by atoms with Crippen LogP contribution in [0.15, 0.2) is 66.7 Å². The number of ether oxygens (including phenoxy) is 2. The molecule has 0 saturated heterocycles. The minimum Gasteiger partial charge on any atom is -0.496 e. The lowest BCUT2D eigenvalue weighted by molar-refractivity contribution is -0.384. The van der Waals surface area contributed by atoms with Crippen LogP contribution in [0.1, 0.15) is 42.1 Å². The van der Waals surface area contributed by atoms with Gasteiger partial charge in [-0.2, -0.15) is 0 Å². The van der Waals surface area contributed by atoms with Crippen molar-refractivity contribution in [3.05, 3.63) is 88.0 Å². The van der Waals surface area contributed by atoms with E-state index < -0.39 is 10.5 Å². The van der Waals surface area contributed by atoms with Gasteiger partial charge < -0.3 is 9.47 Å². The molecule has 32 heavy (non-hydrogen) atoms. The molecule has 1 aliphatic rings. The number of hydrogen-bond donors (Lipinski definition) is 0. The first kappa shape index (κ1) is 21.6. The fourth-order valence-electron chi connectivity index (χ4n) is 4.24. The van der Waals surface area contributed by atoms with Crippen LogP contribution in [-0.4, -0.2) is 23.4 Å². The van der Waals surface area contributed by atoms with Crippen LogP contribution in [0.3, 0.4) is 0 Å². The zero-order valence-electron chi connectivity index (χ0n) is 18.2. The predicted molar refractivity (Wildman–Crippen MR) is 122 cm³/mol. The van der Waals surface area contributed by atoms with Crippen molar-refractivity contribution in [2.24, 2.45) is 0 Å². The number of ketones is 1. The van der Waals surface area contributed by atoms with Gasteiger partial charge in [-0.15, -0.1) is 0 Å². The fourth-order valence-corrected chi connectivity index (χ4v) is 4.24. The maximum atomic E-state index is 13.7. The molecule has 0 amide bonds. The molecule has 3 aromatic rings. The summed E-state index contributed by atoms with van der Waals surface area (Å²) in [5, 5.41) is 11.2. The topological polar surface area (TPSA) is 78.7 Å². The summed E-state index contributed by atoms with van der Waals surface area (Å²) in [4.78, 5) is 24.4. The summed E-state index contributed by atoms with van der Waals surface area (Å²) in [6.07, 6.45) is 2.57. The summed E-state index contributed by atoms with van der Waals surface area (Å²) >= 11 is 0.